The zero-order chi connectivity index (χ0) is 25.9. The minimum Gasteiger partial charge on any atom is -0.331 e. The first-order valence-corrected chi connectivity index (χ1v) is 13.2. The summed E-state index contributed by atoms with van der Waals surface area (Å²) in [4.78, 5) is 9.65. The molecule has 8 heteroatoms. The molecular weight excluding hydrogens is 472 g/mol. The molecule has 3 aromatic carbocycles. The van der Waals surface area contributed by atoms with E-state index in [1.807, 2.05) is 24.4 Å². The van der Waals surface area contributed by atoms with Crippen molar-refractivity contribution >= 4 is 11.0 Å². The highest BCUT2D eigenvalue weighted by atomic mass is 15.5. The van der Waals surface area contributed by atoms with E-state index in [1.165, 1.54) is 5.56 Å². The SMILES string of the molecule is CCCc1nc2ccc(-c3nccn3CCC)cc2n1Cc1ccc(-c2ccccc2-c2nnn[nH]2)cc1. The van der Waals surface area contributed by atoms with Crippen LogP contribution in [0.3, 0.4) is 0 Å². The number of aromatic nitrogens is 8. The number of nitrogens with zero attached hydrogens (tertiary/aromatic N) is 7. The van der Waals surface area contributed by atoms with E-state index in [9.17, 15) is 0 Å². The molecule has 0 saturated heterocycles. The topological polar surface area (TPSA) is 90.1 Å². The second-order valence-electron chi connectivity index (χ2n) is 9.50. The molecule has 0 fully saturated rings. The van der Waals surface area contributed by atoms with E-state index < -0.39 is 0 Å². The van der Waals surface area contributed by atoms with Crippen LogP contribution in [0.4, 0.5) is 0 Å². The highest BCUT2D eigenvalue weighted by Gasteiger charge is 2.15. The van der Waals surface area contributed by atoms with Crippen molar-refractivity contribution in [3.63, 3.8) is 0 Å². The Bertz CT molecular complexity index is 1660. The summed E-state index contributed by atoms with van der Waals surface area (Å²) in [7, 11) is 0. The highest BCUT2D eigenvalue weighted by molar-refractivity contribution is 5.82. The van der Waals surface area contributed by atoms with E-state index in [0.717, 1.165) is 77.3 Å². The number of tetrazole rings is 1. The van der Waals surface area contributed by atoms with Crippen molar-refractivity contribution < 1.29 is 0 Å². The van der Waals surface area contributed by atoms with Gasteiger partial charge in [-0.15, -0.1) is 5.10 Å². The lowest BCUT2D eigenvalue weighted by Crippen LogP contribution is -2.05. The lowest BCUT2D eigenvalue weighted by molar-refractivity contribution is 0.685. The quantitative estimate of drug-likeness (QED) is 0.256. The second-order valence-corrected chi connectivity index (χ2v) is 9.50. The molecule has 0 bridgehead atoms. The molecule has 3 heterocycles. The number of fused-ring (bicyclic) bond motifs is 1. The third-order valence-corrected chi connectivity index (χ3v) is 6.87. The van der Waals surface area contributed by atoms with Crippen LogP contribution in [0.2, 0.25) is 0 Å². The highest BCUT2D eigenvalue weighted by Crippen LogP contribution is 2.30. The van der Waals surface area contributed by atoms with Crippen LogP contribution in [-0.2, 0) is 19.5 Å². The summed E-state index contributed by atoms with van der Waals surface area (Å²) in [6.07, 6.45) is 6.99. The number of benzene rings is 3. The average Bonchev–Trinajstić information content (AvgIpc) is 3.71. The van der Waals surface area contributed by atoms with Gasteiger partial charge < -0.3 is 9.13 Å². The first-order chi connectivity index (χ1) is 18.7. The summed E-state index contributed by atoms with van der Waals surface area (Å²) in [6, 6.07) is 23.4. The Kier molecular flexibility index (Phi) is 6.52. The maximum Gasteiger partial charge on any atom is 0.180 e. The van der Waals surface area contributed by atoms with Gasteiger partial charge in [-0.3, -0.25) is 0 Å². The van der Waals surface area contributed by atoms with Crippen LogP contribution in [0.1, 0.15) is 38.1 Å². The number of aryl methyl sites for hydroxylation is 2. The molecule has 6 rings (SSSR count). The fraction of sp³-hybridized carbons (Fsp3) is 0.233. The fourth-order valence-electron chi connectivity index (χ4n) is 5.08. The normalized spacial score (nSPS) is 11.4. The van der Waals surface area contributed by atoms with Gasteiger partial charge in [0.2, 0.25) is 0 Å². The predicted molar refractivity (Wildman–Crippen MR) is 149 cm³/mol. The predicted octanol–water partition coefficient (Wildman–Crippen LogP) is 6.16. The van der Waals surface area contributed by atoms with Gasteiger partial charge in [-0.1, -0.05) is 62.4 Å². The van der Waals surface area contributed by atoms with Gasteiger partial charge in [-0.25, -0.2) is 15.1 Å². The number of rotatable bonds is 9. The summed E-state index contributed by atoms with van der Waals surface area (Å²) in [5.74, 6) is 2.78. The van der Waals surface area contributed by atoms with E-state index in [0.29, 0.717) is 5.82 Å². The summed E-state index contributed by atoms with van der Waals surface area (Å²) < 4.78 is 4.58. The van der Waals surface area contributed by atoms with Gasteiger partial charge in [0.15, 0.2) is 5.82 Å². The Labute approximate surface area is 221 Å². The largest absolute Gasteiger partial charge is 0.331 e. The Morgan fingerprint density at radius 2 is 1.68 bits per heavy atom. The molecule has 190 valence electrons. The first-order valence-electron chi connectivity index (χ1n) is 13.2. The fourth-order valence-corrected chi connectivity index (χ4v) is 5.08. The third-order valence-electron chi connectivity index (χ3n) is 6.87. The van der Waals surface area contributed by atoms with Crippen molar-refractivity contribution in [2.45, 2.75) is 46.2 Å². The van der Waals surface area contributed by atoms with Gasteiger partial charge in [-0.05, 0) is 58.2 Å². The first kappa shape index (κ1) is 23.8. The molecule has 8 nitrogen and oxygen atoms in total. The summed E-state index contributed by atoms with van der Waals surface area (Å²) in [5.41, 5.74) is 7.70. The molecule has 3 aromatic heterocycles. The molecule has 0 radical (unpaired) electrons. The smallest absolute Gasteiger partial charge is 0.180 e. The maximum atomic E-state index is 5.00. The molecule has 0 amide bonds. The van der Waals surface area contributed by atoms with E-state index >= 15 is 0 Å². The zero-order valence-electron chi connectivity index (χ0n) is 21.7. The van der Waals surface area contributed by atoms with Gasteiger partial charge in [-0.2, -0.15) is 0 Å². The molecule has 0 aliphatic heterocycles. The maximum absolute atomic E-state index is 5.00. The van der Waals surface area contributed by atoms with Crippen molar-refractivity contribution in [2.75, 3.05) is 0 Å². The van der Waals surface area contributed by atoms with Crippen molar-refractivity contribution in [1.29, 1.82) is 0 Å². The van der Waals surface area contributed by atoms with Crippen LogP contribution < -0.4 is 0 Å². The van der Waals surface area contributed by atoms with E-state index in [4.69, 9.17) is 4.98 Å². The number of aromatic amines is 1. The van der Waals surface area contributed by atoms with Crippen LogP contribution in [0, 0.1) is 0 Å². The van der Waals surface area contributed by atoms with Gasteiger partial charge in [0.25, 0.3) is 0 Å². The number of H-pyrrole nitrogens is 1. The summed E-state index contributed by atoms with van der Waals surface area (Å²) >= 11 is 0. The van der Waals surface area contributed by atoms with Gasteiger partial charge in [0.05, 0.1) is 11.0 Å². The van der Waals surface area contributed by atoms with E-state index in [-0.39, 0.29) is 0 Å². The van der Waals surface area contributed by atoms with Gasteiger partial charge >= 0.3 is 0 Å². The van der Waals surface area contributed by atoms with Crippen molar-refractivity contribution in [1.82, 2.24) is 39.7 Å². The van der Waals surface area contributed by atoms with Crippen molar-refractivity contribution in [2.24, 2.45) is 0 Å². The van der Waals surface area contributed by atoms with Crippen molar-refractivity contribution in [3.8, 4) is 33.9 Å². The average molecular weight is 503 g/mol. The van der Waals surface area contributed by atoms with Crippen LogP contribution in [0.5, 0.6) is 0 Å². The molecule has 1 N–H and O–H groups in total. The Morgan fingerprint density at radius 3 is 2.45 bits per heavy atom. The number of hydrogen-bond acceptors (Lipinski definition) is 5. The standard InChI is InChI=1S/C30H30N8/c1-3-7-28-32-26-15-14-23(30-31-16-18-37(30)17-4-2)19-27(26)38(28)20-21-10-12-22(13-11-21)24-8-5-6-9-25(24)29-33-35-36-34-29/h5-6,8-16,18-19H,3-4,7,17,20H2,1-2H3,(H,33,34,35,36). The summed E-state index contributed by atoms with van der Waals surface area (Å²) in [5, 5.41) is 14.5. The third kappa shape index (κ3) is 4.49. The van der Waals surface area contributed by atoms with Gasteiger partial charge in [0, 0.05) is 43.0 Å². The summed E-state index contributed by atoms with van der Waals surface area (Å²) in [6.45, 7) is 6.10. The molecule has 0 spiro atoms. The van der Waals surface area contributed by atoms with Crippen LogP contribution in [0.25, 0.3) is 44.9 Å². The molecular formula is C30H30N8. The monoisotopic (exact) mass is 502 g/mol. The molecule has 38 heavy (non-hydrogen) atoms. The van der Waals surface area contributed by atoms with E-state index in [1.54, 1.807) is 0 Å². The Hall–Kier alpha value is -4.59. The minimum atomic E-state index is 0.661. The second kappa shape index (κ2) is 10.4. The molecule has 6 aromatic rings. The number of imidazole rings is 2. The van der Waals surface area contributed by atoms with E-state index in [2.05, 4.69) is 103 Å². The van der Waals surface area contributed by atoms with Crippen LogP contribution in [-0.4, -0.2) is 39.7 Å². The molecule has 0 atom stereocenters. The molecule has 0 aliphatic rings. The number of nitrogens with one attached hydrogen (secondary N) is 1. The lowest BCUT2D eigenvalue weighted by Gasteiger charge is -2.12. The van der Waals surface area contributed by atoms with Crippen LogP contribution >= 0.6 is 0 Å². The molecule has 0 aliphatic carbocycles. The minimum absolute atomic E-state index is 0.661. The Morgan fingerprint density at radius 1 is 0.868 bits per heavy atom. The molecule has 0 unspecified atom stereocenters. The van der Waals surface area contributed by atoms with Crippen LogP contribution in [0.15, 0.2) is 79.1 Å². The molecule has 0 saturated carbocycles. The zero-order valence-corrected chi connectivity index (χ0v) is 21.7. The van der Waals surface area contributed by atoms with Gasteiger partial charge in [0.1, 0.15) is 11.6 Å². The lowest BCUT2D eigenvalue weighted by atomic mass is 9.98. The van der Waals surface area contributed by atoms with Crippen molar-refractivity contribution in [3.05, 3.63) is 90.5 Å². The number of hydrogen-bond donors (Lipinski definition) is 1. The Balaban J connectivity index is 1.35.